The van der Waals surface area contributed by atoms with E-state index >= 15 is 0 Å². The van der Waals surface area contributed by atoms with Crippen LogP contribution in [0, 0.1) is 0 Å². The van der Waals surface area contributed by atoms with Gasteiger partial charge in [0.2, 0.25) is 0 Å². The van der Waals surface area contributed by atoms with Gasteiger partial charge in [0.05, 0.1) is 0 Å². The van der Waals surface area contributed by atoms with Crippen LogP contribution >= 0.6 is 0 Å². The van der Waals surface area contributed by atoms with Gasteiger partial charge in [-0.25, -0.2) is 0 Å². The van der Waals surface area contributed by atoms with Crippen molar-refractivity contribution in [2.45, 2.75) is 68.7 Å². The summed E-state index contributed by atoms with van der Waals surface area (Å²) < 4.78 is 0. The molecule has 26 heavy (non-hydrogen) atoms. The molecule has 2 N–H and O–H groups in total. The van der Waals surface area contributed by atoms with E-state index in [-0.39, 0.29) is 0 Å². The molecule has 0 aliphatic heterocycles. The van der Waals surface area contributed by atoms with Crippen LogP contribution in [0.15, 0.2) is 73.3 Å². The minimum Gasteiger partial charge on any atom is -0.508 e. The van der Waals surface area contributed by atoms with E-state index in [0.717, 1.165) is 6.42 Å². The van der Waals surface area contributed by atoms with Crippen molar-refractivity contribution in [1.82, 2.24) is 0 Å². The van der Waals surface area contributed by atoms with E-state index in [1.165, 1.54) is 0 Å². The molecule has 0 radical (unpaired) electrons. The van der Waals surface area contributed by atoms with Gasteiger partial charge in [-0.2, -0.15) is 0 Å². The molecule has 0 bridgehead atoms. The molecule has 2 aromatic carbocycles. The van der Waals surface area contributed by atoms with Crippen LogP contribution in [0.2, 0.25) is 0 Å². The average molecular weight is 365 g/mol. The zero-order valence-electron chi connectivity index (χ0n) is 18.7. The summed E-state index contributed by atoms with van der Waals surface area (Å²) in [7, 11) is 0. The van der Waals surface area contributed by atoms with Gasteiger partial charge in [-0.3, -0.25) is 0 Å². The first kappa shape index (κ1) is 35.0. The standard InChI is InChI=1S/2C6H6O.C4H8.4C2H6/c2*7-6-4-2-1-3-5-6;1-3-4-2;4*1-2/h2*1-5,7H;3H,1,4H2,2H3;4*1-2H3. The lowest BCUT2D eigenvalue weighted by Crippen LogP contribution is -1.56. The lowest BCUT2D eigenvalue weighted by molar-refractivity contribution is 0.475. The molecule has 0 amide bonds. The molecule has 2 nitrogen and oxygen atoms in total. The van der Waals surface area contributed by atoms with Gasteiger partial charge in [0.25, 0.3) is 0 Å². The summed E-state index contributed by atoms with van der Waals surface area (Å²) in [5.41, 5.74) is 0. The van der Waals surface area contributed by atoms with E-state index in [1.54, 1.807) is 48.5 Å². The fourth-order valence-electron chi connectivity index (χ4n) is 0.856. The lowest BCUT2D eigenvalue weighted by Gasteiger charge is -1.82. The van der Waals surface area contributed by atoms with Crippen molar-refractivity contribution >= 4 is 0 Å². The van der Waals surface area contributed by atoms with E-state index in [1.807, 2.05) is 73.6 Å². The smallest absolute Gasteiger partial charge is 0.115 e. The molecule has 2 aromatic rings. The monoisotopic (exact) mass is 364 g/mol. The molecule has 0 spiro atoms. The Hall–Kier alpha value is -2.22. The average Bonchev–Trinajstić information content (AvgIpc) is 2.76. The third kappa shape index (κ3) is 43.1. The second kappa shape index (κ2) is 43.4. The number of rotatable bonds is 1. The lowest BCUT2D eigenvalue weighted by atomic mass is 10.3. The highest BCUT2D eigenvalue weighted by Crippen LogP contribution is 2.03. The molecular formula is C24H44O2. The van der Waals surface area contributed by atoms with E-state index in [4.69, 9.17) is 10.2 Å². The fraction of sp³-hybridized carbons (Fsp3) is 0.417. The summed E-state index contributed by atoms with van der Waals surface area (Å²) in [4.78, 5) is 0. The zero-order valence-corrected chi connectivity index (χ0v) is 18.7. The highest BCUT2D eigenvalue weighted by molar-refractivity contribution is 5.19. The van der Waals surface area contributed by atoms with Crippen LogP contribution in [0.4, 0.5) is 0 Å². The Labute approximate surface area is 164 Å². The summed E-state index contributed by atoms with van der Waals surface area (Å²) >= 11 is 0. The van der Waals surface area contributed by atoms with Gasteiger partial charge in [-0.15, -0.1) is 6.58 Å². The number of aromatic hydroxyl groups is 2. The highest BCUT2D eigenvalue weighted by Gasteiger charge is 1.75. The number of phenols is 2. The zero-order chi connectivity index (χ0) is 21.6. The number of benzene rings is 2. The van der Waals surface area contributed by atoms with Gasteiger partial charge in [0.1, 0.15) is 11.5 Å². The van der Waals surface area contributed by atoms with Crippen molar-refractivity contribution < 1.29 is 10.2 Å². The largest absolute Gasteiger partial charge is 0.508 e. The minimum atomic E-state index is 0.322. The minimum absolute atomic E-state index is 0.322. The molecule has 0 saturated carbocycles. The third-order valence-corrected chi connectivity index (χ3v) is 1.80. The summed E-state index contributed by atoms with van der Waals surface area (Å²) in [6.45, 7) is 21.5. The summed E-state index contributed by atoms with van der Waals surface area (Å²) in [6, 6.07) is 17.4. The van der Waals surface area contributed by atoms with Crippen LogP contribution in [0.3, 0.4) is 0 Å². The van der Waals surface area contributed by atoms with Gasteiger partial charge >= 0.3 is 0 Å². The van der Waals surface area contributed by atoms with Gasteiger partial charge in [-0.05, 0) is 30.7 Å². The molecule has 2 heteroatoms. The number of hydrogen-bond donors (Lipinski definition) is 2. The predicted molar refractivity (Wildman–Crippen MR) is 122 cm³/mol. The summed E-state index contributed by atoms with van der Waals surface area (Å²) in [5, 5.41) is 17.3. The normalized spacial score (nSPS) is 6.50. The molecule has 0 unspecified atom stereocenters. The van der Waals surface area contributed by atoms with Crippen LogP contribution in [0.1, 0.15) is 68.7 Å². The Morgan fingerprint density at radius 1 is 0.615 bits per heavy atom. The number of allylic oxidation sites excluding steroid dienone is 1. The second-order valence-corrected chi connectivity index (χ2v) is 3.37. The van der Waals surface area contributed by atoms with Crippen molar-refractivity contribution in [2.75, 3.05) is 0 Å². The molecular weight excluding hydrogens is 320 g/mol. The Kier molecular flexibility index (Phi) is 58.4. The number of para-hydroxylation sites is 2. The first-order valence-corrected chi connectivity index (χ1v) is 9.79. The van der Waals surface area contributed by atoms with Crippen LogP contribution in [0.25, 0.3) is 0 Å². The van der Waals surface area contributed by atoms with Gasteiger partial charge in [-0.1, -0.05) is 105 Å². The van der Waals surface area contributed by atoms with Crippen LogP contribution in [-0.2, 0) is 0 Å². The van der Waals surface area contributed by atoms with E-state index in [0.29, 0.717) is 11.5 Å². The Morgan fingerprint density at radius 2 is 0.808 bits per heavy atom. The fourth-order valence-corrected chi connectivity index (χ4v) is 0.856. The van der Waals surface area contributed by atoms with Crippen molar-refractivity contribution in [3.63, 3.8) is 0 Å². The first-order valence-electron chi connectivity index (χ1n) is 9.79. The molecule has 0 aliphatic rings. The highest BCUT2D eigenvalue weighted by atomic mass is 16.3. The van der Waals surface area contributed by atoms with Gasteiger partial charge in [0.15, 0.2) is 0 Å². The van der Waals surface area contributed by atoms with Crippen molar-refractivity contribution in [3.8, 4) is 11.5 Å². The van der Waals surface area contributed by atoms with E-state index in [9.17, 15) is 0 Å². The molecule has 0 fully saturated rings. The molecule has 0 aliphatic carbocycles. The number of hydrogen-bond acceptors (Lipinski definition) is 2. The van der Waals surface area contributed by atoms with Gasteiger partial charge in [0, 0.05) is 0 Å². The molecule has 0 atom stereocenters. The Morgan fingerprint density at radius 3 is 0.885 bits per heavy atom. The third-order valence-electron chi connectivity index (χ3n) is 1.80. The molecule has 0 saturated heterocycles. The SMILES string of the molecule is C=CCC.CC.CC.CC.CC.Oc1ccccc1.Oc1ccccc1. The van der Waals surface area contributed by atoms with Crippen molar-refractivity contribution in [3.05, 3.63) is 73.3 Å². The Balaban J connectivity index is -0.0000000728. The molecule has 0 heterocycles. The second-order valence-electron chi connectivity index (χ2n) is 3.37. The van der Waals surface area contributed by atoms with Crippen LogP contribution in [-0.4, -0.2) is 10.2 Å². The maximum absolute atomic E-state index is 8.63. The first-order chi connectivity index (χ1) is 12.7. The molecule has 2 rings (SSSR count). The predicted octanol–water partition coefficient (Wildman–Crippen LogP) is 8.47. The van der Waals surface area contributed by atoms with Gasteiger partial charge < -0.3 is 10.2 Å². The quantitative estimate of drug-likeness (QED) is 0.498. The maximum atomic E-state index is 8.63. The number of phenolic OH excluding ortho intramolecular Hbond substituents is 2. The topological polar surface area (TPSA) is 40.5 Å². The van der Waals surface area contributed by atoms with Crippen LogP contribution < -0.4 is 0 Å². The summed E-state index contributed by atoms with van der Waals surface area (Å²) in [6.07, 6.45) is 2.96. The molecule has 0 aromatic heterocycles. The molecule has 152 valence electrons. The van der Waals surface area contributed by atoms with Crippen molar-refractivity contribution in [2.24, 2.45) is 0 Å². The van der Waals surface area contributed by atoms with Crippen LogP contribution in [0.5, 0.6) is 11.5 Å². The Bertz CT molecular complexity index is 360. The maximum Gasteiger partial charge on any atom is 0.115 e. The van der Waals surface area contributed by atoms with Crippen molar-refractivity contribution in [1.29, 1.82) is 0 Å². The van der Waals surface area contributed by atoms with E-state index < -0.39 is 0 Å². The summed E-state index contributed by atoms with van der Waals surface area (Å²) in [5.74, 6) is 0.644. The van der Waals surface area contributed by atoms with E-state index in [2.05, 4.69) is 13.5 Å².